The zero-order chi connectivity index (χ0) is 14.8. The van der Waals surface area contributed by atoms with Crippen LogP contribution in [0.2, 0.25) is 0 Å². The van der Waals surface area contributed by atoms with E-state index in [2.05, 4.69) is 55.0 Å². The van der Waals surface area contributed by atoms with Crippen LogP contribution in [0.15, 0.2) is 10.9 Å². The van der Waals surface area contributed by atoms with Crippen molar-refractivity contribution < 1.29 is 4.52 Å². The molecule has 1 aliphatic rings. The van der Waals surface area contributed by atoms with Crippen LogP contribution in [-0.4, -0.2) is 46.8 Å². The van der Waals surface area contributed by atoms with Crippen LogP contribution in [0.1, 0.15) is 40.4 Å². The second-order valence-corrected chi connectivity index (χ2v) is 7.23. The molecule has 0 spiro atoms. The monoisotopic (exact) mass is 280 g/mol. The molecule has 5 nitrogen and oxygen atoms in total. The summed E-state index contributed by atoms with van der Waals surface area (Å²) in [5.41, 5.74) is 0.284. The van der Waals surface area contributed by atoms with Gasteiger partial charge >= 0.3 is 0 Å². The zero-order valence-electron chi connectivity index (χ0n) is 13.4. The normalized spacial score (nSPS) is 25.3. The van der Waals surface area contributed by atoms with Gasteiger partial charge in [0.1, 0.15) is 0 Å². The smallest absolute Gasteiger partial charge is 0.213 e. The Hall–Kier alpha value is -0.940. The SMILES string of the molecule is CC(C)C1CNC(C(C)(C)C)CN1CCc1ncon1. The second kappa shape index (κ2) is 6.22. The molecule has 0 aliphatic carbocycles. The van der Waals surface area contributed by atoms with Gasteiger partial charge in [-0.25, -0.2) is 0 Å². The van der Waals surface area contributed by atoms with Crippen molar-refractivity contribution >= 4 is 0 Å². The van der Waals surface area contributed by atoms with Crippen molar-refractivity contribution in [2.45, 2.75) is 53.1 Å². The third-order valence-corrected chi connectivity index (χ3v) is 4.30. The van der Waals surface area contributed by atoms with Gasteiger partial charge in [0.2, 0.25) is 6.39 Å². The molecule has 1 aromatic heterocycles. The lowest BCUT2D eigenvalue weighted by atomic mass is 9.83. The lowest BCUT2D eigenvalue weighted by molar-refractivity contribution is 0.0637. The summed E-state index contributed by atoms with van der Waals surface area (Å²) in [6.45, 7) is 14.6. The molecule has 1 aromatic rings. The van der Waals surface area contributed by atoms with E-state index >= 15 is 0 Å². The number of rotatable bonds is 4. The maximum atomic E-state index is 4.81. The standard InChI is InChI=1S/C15H28N4O/c1-11(2)12-8-16-13(15(3,4)5)9-19(12)7-6-14-17-10-20-18-14/h10-13,16H,6-9H2,1-5H3. The van der Waals surface area contributed by atoms with Crippen LogP contribution in [-0.2, 0) is 6.42 Å². The van der Waals surface area contributed by atoms with E-state index in [4.69, 9.17) is 4.52 Å². The third kappa shape index (κ3) is 3.79. The highest BCUT2D eigenvalue weighted by Crippen LogP contribution is 2.25. The van der Waals surface area contributed by atoms with Gasteiger partial charge in [0.05, 0.1) is 0 Å². The maximum absolute atomic E-state index is 4.81. The van der Waals surface area contributed by atoms with Gasteiger partial charge in [0.15, 0.2) is 5.82 Å². The van der Waals surface area contributed by atoms with Crippen molar-refractivity contribution in [3.8, 4) is 0 Å². The highest BCUT2D eigenvalue weighted by atomic mass is 16.5. The topological polar surface area (TPSA) is 54.2 Å². The zero-order valence-corrected chi connectivity index (χ0v) is 13.4. The Morgan fingerprint density at radius 3 is 2.75 bits per heavy atom. The average molecular weight is 280 g/mol. The molecule has 0 saturated carbocycles. The van der Waals surface area contributed by atoms with Crippen LogP contribution in [0.4, 0.5) is 0 Å². The summed E-state index contributed by atoms with van der Waals surface area (Å²) >= 11 is 0. The van der Waals surface area contributed by atoms with E-state index in [9.17, 15) is 0 Å². The van der Waals surface area contributed by atoms with Gasteiger partial charge in [0.25, 0.3) is 0 Å². The molecular weight excluding hydrogens is 252 g/mol. The van der Waals surface area contributed by atoms with Crippen LogP contribution >= 0.6 is 0 Å². The lowest BCUT2D eigenvalue weighted by Crippen LogP contribution is -2.61. The van der Waals surface area contributed by atoms with E-state index in [0.29, 0.717) is 18.0 Å². The Morgan fingerprint density at radius 2 is 2.20 bits per heavy atom. The second-order valence-electron chi connectivity index (χ2n) is 7.23. The van der Waals surface area contributed by atoms with Gasteiger partial charge in [-0.15, -0.1) is 0 Å². The maximum Gasteiger partial charge on any atom is 0.213 e. The molecular formula is C15H28N4O. The number of nitrogens with one attached hydrogen (secondary N) is 1. The lowest BCUT2D eigenvalue weighted by Gasteiger charge is -2.46. The quantitative estimate of drug-likeness (QED) is 0.913. The summed E-state index contributed by atoms with van der Waals surface area (Å²) < 4.78 is 4.81. The number of hydrogen-bond acceptors (Lipinski definition) is 5. The van der Waals surface area contributed by atoms with Crippen LogP contribution in [0.3, 0.4) is 0 Å². The first-order chi connectivity index (χ1) is 9.38. The molecule has 2 rings (SSSR count). The van der Waals surface area contributed by atoms with E-state index < -0.39 is 0 Å². The molecule has 2 atom stereocenters. The molecule has 0 amide bonds. The highest BCUT2D eigenvalue weighted by Gasteiger charge is 2.34. The Morgan fingerprint density at radius 1 is 1.45 bits per heavy atom. The van der Waals surface area contributed by atoms with Crippen LogP contribution in [0.25, 0.3) is 0 Å². The van der Waals surface area contributed by atoms with Gasteiger partial charge in [-0.05, 0) is 11.3 Å². The van der Waals surface area contributed by atoms with Crippen LogP contribution in [0, 0.1) is 11.3 Å². The molecule has 20 heavy (non-hydrogen) atoms. The molecule has 1 N–H and O–H groups in total. The van der Waals surface area contributed by atoms with Gasteiger partial charge < -0.3 is 9.84 Å². The number of piperazine rings is 1. The number of aromatic nitrogens is 2. The minimum Gasteiger partial charge on any atom is -0.343 e. The van der Waals surface area contributed by atoms with E-state index in [0.717, 1.165) is 31.9 Å². The fourth-order valence-corrected chi connectivity index (χ4v) is 2.87. The Bertz CT molecular complexity index is 397. The molecule has 2 unspecified atom stereocenters. The first-order valence-corrected chi connectivity index (χ1v) is 7.60. The van der Waals surface area contributed by atoms with Gasteiger partial charge in [-0.3, -0.25) is 4.90 Å². The van der Waals surface area contributed by atoms with Crippen molar-refractivity contribution in [3.63, 3.8) is 0 Å². The molecule has 114 valence electrons. The van der Waals surface area contributed by atoms with E-state index in [-0.39, 0.29) is 5.41 Å². The van der Waals surface area contributed by atoms with Crippen LogP contribution < -0.4 is 5.32 Å². The van der Waals surface area contributed by atoms with Crippen molar-refractivity contribution in [2.24, 2.45) is 11.3 Å². The van der Waals surface area contributed by atoms with Gasteiger partial charge in [-0.2, -0.15) is 4.98 Å². The summed E-state index contributed by atoms with van der Waals surface area (Å²) in [6, 6.07) is 1.11. The Kier molecular flexibility index (Phi) is 4.81. The van der Waals surface area contributed by atoms with Crippen molar-refractivity contribution in [1.29, 1.82) is 0 Å². The molecule has 1 saturated heterocycles. The first-order valence-electron chi connectivity index (χ1n) is 7.60. The first kappa shape index (κ1) is 15.4. The van der Waals surface area contributed by atoms with E-state index in [1.165, 1.54) is 6.39 Å². The molecule has 0 aromatic carbocycles. The van der Waals surface area contributed by atoms with Crippen molar-refractivity contribution in [3.05, 3.63) is 12.2 Å². The number of nitrogens with zero attached hydrogens (tertiary/aromatic N) is 3. The molecule has 2 heterocycles. The summed E-state index contributed by atoms with van der Waals surface area (Å²) in [5, 5.41) is 7.63. The largest absolute Gasteiger partial charge is 0.343 e. The predicted octanol–water partition coefficient (Wildman–Crippen LogP) is 1.96. The summed E-state index contributed by atoms with van der Waals surface area (Å²) in [5.74, 6) is 1.45. The van der Waals surface area contributed by atoms with Crippen molar-refractivity contribution in [1.82, 2.24) is 20.4 Å². The van der Waals surface area contributed by atoms with E-state index in [1.54, 1.807) is 0 Å². The average Bonchev–Trinajstić information content (AvgIpc) is 2.87. The van der Waals surface area contributed by atoms with Crippen LogP contribution in [0.5, 0.6) is 0 Å². The summed E-state index contributed by atoms with van der Waals surface area (Å²) in [7, 11) is 0. The fraction of sp³-hybridized carbons (Fsp3) is 0.867. The molecule has 1 fully saturated rings. The molecule has 0 bridgehead atoms. The molecule has 1 aliphatic heterocycles. The van der Waals surface area contributed by atoms with Gasteiger partial charge in [-0.1, -0.05) is 39.8 Å². The van der Waals surface area contributed by atoms with E-state index in [1.807, 2.05) is 0 Å². The summed E-state index contributed by atoms with van der Waals surface area (Å²) in [6.07, 6.45) is 2.27. The third-order valence-electron chi connectivity index (χ3n) is 4.30. The minimum atomic E-state index is 0.284. The Balaban J connectivity index is 1.99. The minimum absolute atomic E-state index is 0.284. The fourth-order valence-electron chi connectivity index (χ4n) is 2.87. The predicted molar refractivity (Wildman–Crippen MR) is 79.4 cm³/mol. The summed E-state index contributed by atoms with van der Waals surface area (Å²) in [4.78, 5) is 6.71. The Labute approximate surface area is 122 Å². The molecule has 0 radical (unpaired) electrons. The number of hydrogen-bond donors (Lipinski definition) is 1. The highest BCUT2D eigenvalue weighted by molar-refractivity contribution is 4.94. The van der Waals surface area contributed by atoms with Gasteiger partial charge in [0, 0.05) is 38.1 Å². The van der Waals surface area contributed by atoms with Crippen molar-refractivity contribution in [2.75, 3.05) is 19.6 Å². The molecule has 5 heteroatoms.